The Morgan fingerprint density at radius 1 is 1.02 bits per heavy atom. The number of halogens is 2. The lowest BCUT2D eigenvalue weighted by atomic mass is 9.94. The molecule has 2 aromatic heterocycles. The number of pyridine rings is 1. The van der Waals surface area contributed by atoms with E-state index in [-0.39, 0.29) is 22.6 Å². The molecule has 2 aromatic carbocycles. The number of benzene rings is 2. The number of ether oxygens (including phenoxy) is 2. The summed E-state index contributed by atoms with van der Waals surface area (Å²) >= 11 is 0. The maximum absolute atomic E-state index is 15.1. The molecular formula is C29H28F2N4O6. The lowest BCUT2D eigenvalue weighted by molar-refractivity contribution is -0.125. The third-order valence-corrected chi connectivity index (χ3v) is 6.56. The van der Waals surface area contributed by atoms with Crippen LogP contribution in [-0.4, -0.2) is 46.7 Å². The molecule has 0 aliphatic rings. The molecule has 3 N–H and O–H groups in total. The van der Waals surface area contributed by atoms with Crippen LogP contribution in [0.15, 0.2) is 42.6 Å². The maximum Gasteiger partial charge on any atom is 0.416 e. The van der Waals surface area contributed by atoms with Crippen molar-refractivity contribution >= 4 is 45.9 Å². The molecule has 41 heavy (non-hydrogen) atoms. The minimum absolute atomic E-state index is 0.0484. The van der Waals surface area contributed by atoms with Crippen LogP contribution in [0, 0.1) is 24.0 Å². The van der Waals surface area contributed by atoms with Gasteiger partial charge in [-0.3, -0.25) is 14.5 Å². The minimum atomic E-state index is -1.59. The Labute approximate surface area is 233 Å². The molecule has 0 fully saturated rings. The smallest absolute Gasteiger partial charge is 0.416 e. The summed E-state index contributed by atoms with van der Waals surface area (Å²) < 4.78 is 40.7. The summed E-state index contributed by atoms with van der Waals surface area (Å²) in [6.45, 7) is 6.93. The first-order valence-corrected chi connectivity index (χ1v) is 12.3. The number of rotatable bonds is 6. The summed E-state index contributed by atoms with van der Waals surface area (Å²) in [5.74, 6) is -5.07. The molecule has 0 atom stereocenters. The Morgan fingerprint density at radius 2 is 1.63 bits per heavy atom. The van der Waals surface area contributed by atoms with E-state index in [0.717, 1.165) is 26.4 Å². The second-order valence-electron chi connectivity index (χ2n) is 10.2. The molecule has 2 heterocycles. The number of amides is 1. The van der Waals surface area contributed by atoms with Crippen molar-refractivity contribution in [2.45, 2.75) is 27.7 Å². The SMILES string of the molecule is COc1cc(OC)c(F)c(C(=O)c2cc3cc(N(C(=O)C(C)(C)C)c4cccc(N)c4C)ncc3n2C(=O)O)c1F. The number of carboxylic acid groups (broad SMARTS) is 1. The van der Waals surface area contributed by atoms with Crippen molar-refractivity contribution in [1.29, 1.82) is 0 Å². The number of carbonyl (C=O) groups is 3. The van der Waals surface area contributed by atoms with Crippen molar-refractivity contribution < 1.29 is 37.7 Å². The average Bonchev–Trinajstić information content (AvgIpc) is 3.30. The van der Waals surface area contributed by atoms with Gasteiger partial charge in [0.2, 0.25) is 11.7 Å². The van der Waals surface area contributed by atoms with E-state index in [4.69, 9.17) is 15.2 Å². The fourth-order valence-corrected chi connectivity index (χ4v) is 4.36. The highest BCUT2D eigenvalue weighted by Gasteiger charge is 2.33. The number of aromatic nitrogens is 2. The number of anilines is 3. The number of nitrogens with zero attached hydrogens (tertiary/aromatic N) is 3. The summed E-state index contributed by atoms with van der Waals surface area (Å²) in [5.41, 5.74) is 5.09. The van der Waals surface area contributed by atoms with Crippen molar-refractivity contribution in [3.63, 3.8) is 0 Å². The van der Waals surface area contributed by atoms with Crippen molar-refractivity contribution in [2.24, 2.45) is 5.41 Å². The van der Waals surface area contributed by atoms with Crippen LogP contribution in [0.2, 0.25) is 0 Å². The Hall–Kier alpha value is -5.00. The van der Waals surface area contributed by atoms with Crippen molar-refractivity contribution in [2.75, 3.05) is 24.9 Å². The normalized spacial score (nSPS) is 11.4. The molecule has 4 aromatic rings. The third kappa shape index (κ3) is 4.92. The lowest BCUT2D eigenvalue weighted by Crippen LogP contribution is -2.37. The molecule has 10 nitrogen and oxygen atoms in total. The summed E-state index contributed by atoms with van der Waals surface area (Å²) in [5, 5.41) is 10.1. The molecule has 0 saturated carbocycles. The number of ketones is 1. The predicted octanol–water partition coefficient (Wildman–Crippen LogP) is 5.69. The fourth-order valence-electron chi connectivity index (χ4n) is 4.36. The van der Waals surface area contributed by atoms with E-state index in [1.54, 1.807) is 45.9 Å². The van der Waals surface area contributed by atoms with Crippen molar-refractivity contribution in [3.05, 3.63) is 71.1 Å². The van der Waals surface area contributed by atoms with Crippen LogP contribution in [0.1, 0.15) is 42.4 Å². The molecule has 1 amide bonds. The number of hydrogen-bond donors (Lipinski definition) is 2. The van der Waals surface area contributed by atoms with Gasteiger partial charge in [-0.15, -0.1) is 0 Å². The summed E-state index contributed by atoms with van der Waals surface area (Å²) in [7, 11) is 2.25. The Balaban J connectivity index is 1.97. The number of hydrogen-bond acceptors (Lipinski definition) is 7. The predicted molar refractivity (Wildman–Crippen MR) is 148 cm³/mol. The average molecular weight is 567 g/mol. The second-order valence-corrected chi connectivity index (χ2v) is 10.2. The monoisotopic (exact) mass is 566 g/mol. The molecule has 12 heteroatoms. The van der Waals surface area contributed by atoms with Gasteiger partial charge in [0.1, 0.15) is 17.1 Å². The quantitative estimate of drug-likeness (QED) is 0.224. The number of nitrogens with two attached hydrogens (primary N) is 1. The van der Waals surface area contributed by atoms with Gasteiger partial charge in [0.25, 0.3) is 0 Å². The maximum atomic E-state index is 15.1. The van der Waals surface area contributed by atoms with Crippen LogP contribution < -0.4 is 20.1 Å². The molecular weight excluding hydrogens is 538 g/mol. The summed E-state index contributed by atoms with van der Waals surface area (Å²) in [6.07, 6.45) is -0.429. The van der Waals surface area contributed by atoms with E-state index in [0.29, 0.717) is 21.5 Å². The van der Waals surface area contributed by atoms with Crippen LogP contribution >= 0.6 is 0 Å². The third-order valence-electron chi connectivity index (χ3n) is 6.56. The number of methoxy groups -OCH3 is 2. The minimum Gasteiger partial charge on any atom is -0.494 e. The Bertz CT molecular complexity index is 1700. The van der Waals surface area contributed by atoms with E-state index in [2.05, 4.69) is 4.98 Å². The van der Waals surface area contributed by atoms with E-state index >= 15 is 8.78 Å². The van der Waals surface area contributed by atoms with Gasteiger partial charge >= 0.3 is 6.09 Å². The zero-order chi connectivity index (χ0) is 30.4. The fraction of sp³-hybridized carbons (Fsp3) is 0.241. The van der Waals surface area contributed by atoms with Gasteiger partial charge in [-0.1, -0.05) is 26.8 Å². The van der Waals surface area contributed by atoms with E-state index in [9.17, 15) is 19.5 Å². The van der Waals surface area contributed by atoms with Crippen LogP contribution in [0.5, 0.6) is 11.5 Å². The number of carbonyl (C=O) groups excluding carboxylic acids is 2. The van der Waals surface area contributed by atoms with E-state index in [1.165, 1.54) is 17.2 Å². The topological polar surface area (TPSA) is 137 Å². The highest BCUT2D eigenvalue weighted by molar-refractivity contribution is 6.14. The molecule has 0 spiro atoms. The molecule has 0 aliphatic heterocycles. The van der Waals surface area contributed by atoms with Gasteiger partial charge in [-0.2, -0.15) is 0 Å². The first-order valence-electron chi connectivity index (χ1n) is 12.3. The summed E-state index contributed by atoms with van der Waals surface area (Å²) in [4.78, 5) is 45.1. The molecule has 4 rings (SSSR count). The Kier molecular flexibility index (Phi) is 7.44. The van der Waals surface area contributed by atoms with Crippen LogP contribution in [0.4, 0.5) is 30.8 Å². The Morgan fingerprint density at radius 3 is 2.17 bits per heavy atom. The van der Waals surface area contributed by atoms with Gasteiger partial charge in [0, 0.05) is 22.6 Å². The summed E-state index contributed by atoms with van der Waals surface area (Å²) in [6, 6.07) is 8.57. The van der Waals surface area contributed by atoms with Crippen LogP contribution in [-0.2, 0) is 4.79 Å². The standard InChI is InChI=1S/C29H28F2N4O6/c1-14-16(32)8-7-9-17(14)35(27(37)29(2,3)4)22-11-15-10-18(34(28(38)39)19(15)13-33-22)26(36)23-24(30)20(40-5)12-21(41-6)25(23)31/h7-13H,32H2,1-6H3,(H,38,39). The molecule has 0 unspecified atom stereocenters. The van der Waals surface area contributed by atoms with Crippen molar-refractivity contribution in [3.8, 4) is 11.5 Å². The molecule has 0 saturated heterocycles. The van der Waals surface area contributed by atoms with Gasteiger partial charge in [0.05, 0.1) is 31.6 Å². The van der Waals surface area contributed by atoms with Gasteiger partial charge in [-0.25, -0.2) is 23.1 Å². The molecule has 0 bridgehead atoms. The molecule has 214 valence electrons. The zero-order valence-electron chi connectivity index (χ0n) is 23.2. The molecule has 0 aliphatic carbocycles. The van der Waals surface area contributed by atoms with Gasteiger partial charge in [0.15, 0.2) is 23.1 Å². The van der Waals surface area contributed by atoms with Crippen LogP contribution in [0.25, 0.3) is 10.9 Å². The number of nitrogen functional groups attached to an aromatic ring is 1. The number of fused-ring (bicyclic) bond motifs is 1. The van der Waals surface area contributed by atoms with Gasteiger partial charge < -0.3 is 20.3 Å². The van der Waals surface area contributed by atoms with E-state index < -0.39 is 51.7 Å². The second kappa shape index (κ2) is 10.5. The zero-order valence-corrected chi connectivity index (χ0v) is 23.2. The van der Waals surface area contributed by atoms with Crippen molar-refractivity contribution in [1.82, 2.24) is 9.55 Å². The largest absolute Gasteiger partial charge is 0.494 e. The first kappa shape index (κ1) is 29.0. The highest BCUT2D eigenvalue weighted by atomic mass is 19.1. The molecule has 0 radical (unpaired) electrons. The van der Waals surface area contributed by atoms with Gasteiger partial charge in [-0.05, 0) is 36.8 Å². The highest BCUT2D eigenvalue weighted by Crippen LogP contribution is 2.37. The lowest BCUT2D eigenvalue weighted by Gasteiger charge is -2.30. The van der Waals surface area contributed by atoms with Crippen LogP contribution in [0.3, 0.4) is 0 Å². The first-order chi connectivity index (χ1) is 19.2. The van der Waals surface area contributed by atoms with E-state index in [1.807, 2.05) is 0 Å².